The first-order chi connectivity index (χ1) is 20.3. The Hall–Kier alpha value is -4.70. The highest BCUT2D eigenvalue weighted by atomic mass is 19.1. The van der Waals surface area contributed by atoms with E-state index in [0.717, 1.165) is 11.1 Å². The van der Waals surface area contributed by atoms with Crippen molar-refractivity contribution in [2.45, 2.75) is 38.1 Å². The second-order valence-electron chi connectivity index (χ2n) is 10.2. The van der Waals surface area contributed by atoms with Gasteiger partial charge in [0.05, 0.1) is 12.0 Å². The van der Waals surface area contributed by atoms with Crippen LogP contribution in [-0.2, 0) is 18.0 Å². The van der Waals surface area contributed by atoms with Crippen molar-refractivity contribution < 1.29 is 33.3 Å². The fourth-order valence-electron chi connectivity index (χ4n) is 4.87. The van der Waals surface area contributed by atoms with Crippen molar-refractivity contribution in [3.05, 3.63) is 108 Å². The van der Waals surface area contributed by atoms with Crippen molar-refractivity contribution >= 4 is 23.0 Å². The molecule has 1 saturated heterocycles. The topological polar surface area (TPSA) is 104 Å². The lowest BCUT2D eigenvalue weighted by Crippen LogP contribution is -2.46. The second kappa shape index (κ2) is 12.9. The van der Waals surface area contributed by atoms with Crippen LogP contribution in [-0.4, -0.2) is 39.9 Å². The van der Waals surface area contributed by atoms with Crippen molar-refractivity contribution in [1.29, 1.82) is 0 Å². The fraction of sp³-hybridized carbons (Fsp3) is 0.250. The molecule has 3 aromatic carbocycles. The van der Waals surface area contributed by atoms with Crippen LogP contribution in [0.1, 0.15) is 30.4 Å². The minimum atomic E-state index is -1.39. The molecule has 42 heavy (non-hydrogen) atoms. The predicted octanol–water partition coefficient (Wildman–Crippen LogP) is 6.07. The number of rotatable bonds is 11. The van der Waals surface area contributed by atoms with Gasteiger partial charge in [0, 0.05) is 24.8 Å². The number of hydrogen-bond acceptors (Lipinski definition) is 7. The predicted molar refractivity (Wildman–Crippen MR) is 154 cm³/mol. The summed E-state index contributed by atoms with van der Waals surface area (Å²) in [7, 11) is 0. The number of aliphatic hydroxyl groups is 1. The molecular weight excluding hydrogens is 544 g/mol. The third-order valence-corrected chi connectivity index (χ3v) is 7.07. The molecule has 0 atom stereocenters. The van der Waals surface area contributed by atoms with Crippen molar-refractivity contribution in [1.82, 2.24) is 4.98 Å². The number of ether oxygens (including phenoxy) is 2. The van der Waals surface area contributed by atoms with E-state index < -0.39 is 29.6 Å². The van der Waals surface area contributed by atoms with Gasteiger partial charge < -0.3 is 29.9 Å². The molecule has 0 aliphatic carbocycles. The number of halogens is 2. The van der Waals surface area contributed by atoms with Gasteiger partial charge in [0.1, 0.15) is 24.6 Å². The Bertz CT molecular complexity index is 1490. The van der Waals surface area contributed by atoms with Gasteiger partial charge in [-0.15, -0.1) is 0 Å². The quantitative estimate of drug-likeness (QED) is 0.198. The first-order valence-corrected chi connectivity index (χ1v) is 13.6. The molecule has 4 aromatic rings. The van der Waals surface area contributed by atoms with E-state index in [1.807, 2.05) is 60.7 Å². The number of anilines is 3. The molecule has 1 fully saturated rings. The van der Waals surface area contributed by atoms with E-state index >= 15 is 8.78 Å². The zero-order valence-electron chi connectivity index (χ0n) is 22.8. The Morgan fingerprint density at radius 2 is 1.45 bits per heavy atom. The Morgan fingerprint density at radius 3 is 2.02 bits per heavy atom. The number of hydrogen-bond donors (Lipinski definition) is 3. The zero-order chi connectivity index (χ0) is 29.5. The maximum Gasteiger partial charge on any atom is 0.306 e. The molecule has 8 nitrogen and oxygen atoms in total. The summed E-state index contributed by atoms with van der Waals surface area (Å²) in [6.45, 7) is 0.767. The molecule has 0 bridgehead atoms. The number of piperidine rings is 1. The van der Waals surface area contributed by atoms with Gasteiger partial charge in [-0.05, 0) is 42.2 Å². The summed E-state index contributed by atoms with van der Waals surface area (Å²) in [6, 6.07) is 24.8. The molecule has 0 amide bonds. The number of carbonyl (C=O) groups is 1. The molecule has 1 aliphatic heterocycles. The largest absolute Gasteiger partial charge is 0.481 e. The monoisotopic (exact) mass is 575 g/mol. The molecule has 3 N–H and O–H groups in total. The normalized spacial score (nSPS) is 14.3. The van der Waals surface area contributed by atoms with Crippen LogP contribution in [0.2, 0.25) is 0 Å². The summed E-state index contributed by atoms with van der Waals surface area (Å²) in [4.78, 5) is 17.0. The molecule has 218 valence electrons. The van der Waals surface area contributed by atoms with E-state index in [9.17, 15) is 9.90 Å². The highest BCUT2D eigenvalue weighted by molar-refractivity contribution is 5.69. The Morgan fingerprint density at radius 1 is 0.881 bits per heavy atom. The van der Waals surface area contributed by atoms with Gasteiger partial charge in [-0.2, -0.15) is 4.98 Å². The SMILES string of the molecule is O=C(O)CC1(O)CCN(c2c(F)cc(Nc3ccc(OCc4ccccc4)nc3OCc3ccccc3)cc2F)CC1. The molecule has 0 radical (unpaired) electrons. The van der Waals surface area contributed by atoms with Crippen molar-refractivity contribution in [2.75, 3.05) is 23.3 Å². The van der Waals surface area contributed by atoms with Gasteiger partial charge in [0.15, 0.2) is 11.6 Å². The van der Waals surface area contributed by atoms with Crippen LogP contribution in [0.4, 0.5) is 25.8 Å². The number of carboxylic acids is 1. The van der Waals surface area contributed by atoms with Gasteiger partial charge >= 0.3 is 5.97 Å². The highest BCUT2D eigenvalue weighted by Gasteiger charge is 2.36. The number of aromatic nitrogens is 1. The summed E-state index contributed by atoms with van der Waals surface area (Å²) >= 11 is 0. The third-order valence-electron chi connectivity index (χ3n) is 7.07. The lowest BCUT2D eigenvalue weighted by Gasteiger charge is -2.38. The Labute approximate surface area is 242 Å². The minimum Gasteiger partial charge on any atom is -0.481 e. The summed E-state index contributed by atoms with van der Waals surface area (Å²) in [5.41, 5.74) is 0.815. The van der Waals surface area contributed by atoms with Crippen molar-refractivity contribution in [3.8, 4) is 11.8 Å². The molecule has 5 rings (SSSR count). The average molecular weight is 576 g/mol. The van der Waals surface area contributed by atoms with Crippen molar-refractivity contribution in [2.24, 2.45) is 0 Å². The number of aliphatic carboxylic acids is 1. The van der Waals surface area contributed by atoms with Gasteiger partial charge in [-0.25, -0.2) is 8.78 Å². The second-order valence-corrected chi connectivity index (χ2v) is 10.2. The van der Waals surface area contributed by atoms with Crippen LogP contribution in [0.5, 0.6) is 11.8 Å². The molecule has 0 spiro atoms. The molecule has 1 aliphatic rings. The van der Waals surface area contributed by atoms with E-state index in [1.165, 1.54) is 17.0 Å². The molecular formula is C32H31F2N3O5. The van der Waals surface area contributed by atoms with E-state index in [4.69, 9.17) is 14.6 Å². The zero-order valence-corrected chi connectivity index (χ0v) is 22.8. The lowest BCUT2D eigenvalue weighted by molar-refractivity contribution is -0.143. The van der Waals surface area contributed by atoms with E-state index in [-0.39, 0.29) is 49.8 Å². The minimum absolute atomic E-state index is 0.0880. The smallest absolute Gasteiger partial charge is 0.306 e. The number of nitrogens with one attached hydrogen (secondary N) is 1. The van der Waals surface area contributed by atoms with E-state index in [0.29, 0.717) is 18.2 Å². The highest BCUT2D eigenvalue weighted by Crippen LogP contribution is 2.35. The summed E-state index contributed by atoms with van der Waals surface area (Å²) in [5, 5.41) is 22.5. The maximum atomic E-state index is 15.3. The van der Waals surface area contributed by atoms with Gasteiger partial charge in [-0.3, -0.25) is 4.79 Å². The summed E-state index contributed by atoms with van der Waals surface area (Å²) < 4.78 is 42.4. The molecule has 2 heterocycles. The average Bonchev–Trinajstić information content (AvgIpc) is 2.97. The van der Waals surface area contributed by atoms with Crippen LogP contribution >= 0.6 is 0 Å². The van der Waals surface area contributed by atoms with Gasteiger partial charge in [0.2, 0.25) is 11.8 Å². The lowest BCUT2D eigenvalue weighted by atomic mass is 9.88. The number of benzene rings is 3. The number of carboxylic acid groups (broad SMARTS) is 1. The van der Waals surface area contributed by atoms with Crippen LogP contribution in [0.25, 0.3) is 0 Å². The summed E-state index contributed by atoms with van der Waals surface area (Å²) in [5.74, 6) is -2.17. The van der Waals surface area contributed by atoms with Crippen LogP contribution in [0, 0.1) is 11.6 Å². The molecule has 1 aromatic heterocycles. The van der Waals surface area contributed by atoms with Crippen LogP contribution in [0.15, 0.2) is 84.9 Å². The number of pyridine rings is 1. The van der Waals surface area contributed by atoms with Crippen LogP contribution in [0.3, 0.4) is 0 Å². The van der Waals surface area contributed by atoms with Crippen molar-refractivity contribution in [3.63, 3.8) is 0 Å². The molecule has 10 heteroatoms. The number of nitrogens with zero attached hydrogens (tertiary/aromatic N) is 2. The summed E-state index contributed by atoms with van der Waals surface area (Å²) in [6.07, 6.45) is -0.233. The van der Waals surface area contributed by atoms with E-state index in [2.05, 4.69) is 10.3 Å². The fourth-order valence-corrected chi connectivity index (χ4v) is 4.87. The van der Waals surface area contributed by atoms with Crippen LogP contribution < -0.4 is 19.7 Å². The first-order valence-electron chi connectivity index (χ1n) is 13.6. The Balaban J connectivity index is 1.33. The Kier molecular flexibility index (Phi) is 8.83. The van der Waals surface area contributed by atoms with E-state index in [1.54, 1.807) is 12.1 Å². The third kappa shape index (κ3) is 7.32. The molecule has 0 unspecified atom stereocenters. The van der Waals surface area contributed by atoms with Gasteiger partial charge in [-0.1, -0.05) is 60.7 Å². The standard InChI is InChI=1S/C32H31F2N3O5/c33-25-17-24(18-26(34)30(25)37-15-13-32(40,14-16-37)19-29(38)39)35-27-11-12-28(41-20-22-7-3-1-4-8-22)36-31(27)42-21-23-9-5-2-6-10-23/h1-12,17-18,35,40H,13-16,19-21H2,(H,38,39). The molecule has 0 saturated carbocycles. The first kappa shape index (κ1) is 28.8. The van der Waals surface area contributed by atoms with Gasteiger partial charge in [0.25, 0.3) is 0 Å². The maximum absolute atomic E-state index is 15.3.